The van der Waals surface area contributed by atoms with Gasteiger partial charge in [0.25, 0.3) is 0 Å². The molecule has 2 N–H and O–H groups in total. The van der Waals surface area contributed by atoms with Crippen LogP contribution in [0.5, 0.6) is 5.75 Å². The summed E-state index contributed by atoms with van der Waals surface area (Å²) in [5.74, 6) is 0.428. The van der Waals surface area contributed by atoms with Crippen LogP contribution in [0.25, 0.3) is 0 Å². The molecule has 25 heavy (non-hydrogen) atoms. The van der Waals surface area contributed by atoms with Crippen LogP contribution in [0, 0.1) is 0 Å². The molecule has 0 saturated carbocycles. The molecule has 0 fully saturated rings. The van der Waals surface area contributed by atoms with Crippen molar-refractivity contribution >= 4 is 11.8 Å². The fraction of sp³-hybridized carbons (Fsp3) is 0.300. The van der Waals surface area contributed by atoms with Crippen molar-refractivity contribution in [1.82, 2.24) is 10.6 Å². The molecule has 0 aliphatic heterocycles. The van der Waals surface area contributed by atoms with Gasteiger partial charge in [-0.1, -0.05) is 48.5 Å². The molecule has 5 heteroatoms. The van der Waals surface area contributed by atoms with E-state index in [4.69, 9.17) is 4.74 Å². The lowest BCUT2D eigenvalue weighted by atomic mass is 10.0. The number of amides is 2. The van der Waals surface area contributed by atoms with Gasteiger partial charge in [0.2, 0.25) is 11.8 Å². The lowest BCUT2D eigenvalue weighted by Crippen LogP contribution is -2.33. The van der Waals surface area contributed by atoms with Crippen LogP contribution in [0.1, 0.15) is 43.5 Å². The zero-order chi connectivity index (χ0) is 18.2. The number of nitrogens with one attached hydrogen (secondary N) is 2. The van der Waals surface area contributed by atoms with Crippen LogP contribution in [0.4, 0.5) is 0 Å². The fourth-order valence-electron chi connectivity index (χ4n) is 2.77. The Labute approximate surface area is 148 Å². The van der Waals surface area contributed by atoms with E-state index in [1.807, 2.05) is 61.5 Å². The molecule has 2 rings (SSSR count). The van der Waals surface area contributed by atoms with Crippen molar-refractivity contribution in [2.45, 2.75) is 32.4 Å². The van der Waals surface area contributed by atoms with Crippen LogP contribution < -0.4 is 15.4 Å². The van der Waals surface area contributed by atoms with Gasteiger partial charge in [-0.3, -0.25) is 9.59 Å². The van der Waals surface area contributed by atoms with Crippen molar-refractivity contribution in [1.29, 1.82) is 0 Å². The Kier molecular flexibility index (Phi) is 6.57. The molecule has 2 aromatic rings. The summed E-state index contributed by atoms with van der Waals surface area (Å²) in [5.41, 5.74) is 1.81. The van der Waals surface area contributed by atoms with E-state index in [9.17, 15) is 9.59 Å². The molecule has 2 unspecified atom stereocenters. The van der Waals surface area contributed by atoms with E-state index in [1.165, 1.54) is 6.92 Å². The molecule has 0 spiro atoms. The Morgan fingerprint density at radius 1 is 1.00 bits per heavy atom. The first-order valence-electron chi connectivity index (χ1n) is 8.25. The van der Waals surface area contributed by atoms with Gasteiger partial charge in [-0.25, -0.2) is 0 Å². The van der Waals surface area contributed by atoms with Crippen molar-refractivity contribution in [3.63, 3.8) is 0 Å². The monoisotopic (exact) mass is 340 g/mol. The zero-order valence-electron chi connectivity index (χ0n) is 14.8. The second-order valence-electron chi connectivity index (χ2n) is 5.90. The maximum Gasteiger partial charge on any atom is 0.222 e. The molecule has 5 nitrogen and oxygen atoms in total. The van der Waals surface area contributed by atoms with Gasteiger partial charge in [0, 0.05) is 12.5 Å². The number of rotatable bonds is 7. The number of carbonyl (C=O) groups excluding carboxylic acids is 2. The SMILES string of the molecule is COc1ccccc1C(C)NC(=O)CC(NC(C)=O)c1ccccc1. The molecule has 2 aromatic carbocycles. The molecule has 132 valence electrons. The number of carbonyl (C=O) groups is 2. The standard InChI is InChI=1S/C20H24N2O3/c1-14(17-11-7-8-12-19(17)25-3)21-20(24)13-18(22-15(2)23)16-9-5-4-6-10-16/h4-12,14,18H,13H2,1-3H3,(H,21,24)(H,22,23). The van der Waals surface area contributed by atoms with E-state index in [0.29, 0.717) is 0 Å². The van der Waals surface area contributed by atoms with E-state index in [-0.39, 0.29) is 30.3 Å². The predicted octanol–water partition coefficient (Wildman–Crippen LogP) is 3.14. The normalized spacial score (nSPS) is 12.8. The molecule has 0 aromatic heterocycles. The van der Waals surface area contributed by atoms with Gasteiger partial charge in [-0.05, 0) is 18.6 Å². The number of hydrogen-bond donors (Lipinski definition) is 2. The minimum Gasteiger partial charge on any atom is -0.496 e. The number of benzene rings is 2. The first kappa shape index (κ1) is 18.5. The van der Waals surface area contributed by atoms with Gasteiger partial charge in [0.05, 0.1) is 25.6 Å². The minimum absolute atomic E-state index is 0.138. The van der Waals surface area contributed by atoms with Crippen LogP contribution in [-0.4, -0.2) is 18.9 Å². The molecular weight excluding hydrogens is 316 g/mol. The first-order chi connectivity index (χ1) is 12.0. The Bertz CT molecular complexity index is 716. The highest BCUT2D eigenvalue weighted by Crippen LogP contribution is 2.25. The summed E-state index contributed by atoms with van der Waals surface area (Å²) in [6.07, 6.45) is 0.170. The Balaban J connectivity index is 2.07. The number of methoxy groups -OCH3 is 1. The van der Waals surface area contributed by atoms with Crippen molar-refractivity contribution in [3.05, 3.63) is 65.7 Å². The average Bonchev–Trinajstić information content (AvgIpc) is 2.61. The highest BCUT2D eigenvalue weighted by atomic mass is 16.5. The smallest absolute Gasteiger partial charge is 0.222 e. The first-order valence-corrected chi connectivity index (χ1v) is 8.25. The highest BCUT2D eigenvalue weighted by Gasteiger charge is 2.19. The number of ether oxygens (including phenoxy) is 1. The Morgan fingerprint density at radius 2 is 1.64 bits per heavy atom. The number of para-hydroxylation sites is 1. The van der Waals surface area contributed by atoms with Gasteiger partial charge in [-0.15, -0.1) is 0 Å². The van der Waals surface area contributed by atoms with Crippen LogP contribution in [0.15, 0.2) is 54.6 Å². The maximum atomic E-state index is 12.5. The summed E-state index contributed by atoms with van der Waals surface area (Å²) >= 11 is 0. The molecule has 0 bridgehead atoms. The van der Waals surface area contributed by atoms with E-state index in [1.54, 1.807) is 7.11 Å². The van der Waals surface area contributed by atoms with E-state index in [2.05, 4.69) is 10.6 Å². The van der Waals surface area contributed by atoms with Crippen molar-refractivity contribution in [3.8, 4) is 5.75 Å². The molecular formula is C20H24N2O3. The molecule has 2 atom stereocenters. The van der Waals surface area contributed by atoms with Crippen molar-refractivity contribution in [2.75, 3.05) is 7.11 Å². The Hall–Kier alpha value is -2.82. The third kappa shape index (κ3) is 5.35. The van der Waals surface area contributed by atoms with Crippen LogP contribution in [-0.2, 0) is 9.59 Å². The lowest BCUT2D eigenvalue weighted by Gasteiger charge is -2.21. The lowest BCUT2D eigenvalue weighted by molar-refractivity contribution is -0.123. The molecule has 0 aliphatic carbocycles. The quantitative estimate of drug-likeness (QED) is 0.814. The highest BCUT2D eigenvalue weighted by molar-refractivity contribution is 5.79. The van der Waals surface area contributed by atoms with Gasteiger partial charge >= 0.3 is 0 Å². The van der Waals surface area contributed by atoms with Crippen LogP contribution in [0.2, 0.25) is 0 Å². The summed E-state index contributed by atoms with van der Waals surface area (Å²) in [5, 5.41) is 5.81. The zero-order valence-corrected chi connectivity index (χ0v) is 14.8. The molecule has 2 amide bonds. The summed E-state index contributed by atoms with van der Waals surface area (Å²) in [4.78, 5) is 24.0. The topological polar surface area (TPSA) is 67.4 Å². The third-order valence-electron chi connectivity index (χ3n) is 3.95. The van der Waals surface area contributed by atoms with E-state index in [0.717, 1.165) is 16.9 Å². The fourth-order valence-corrected chi connectivity index (χ4v) is 2.77. The van der Waals surface area contributed by atoms with Gasteiger partial charge in [0.1, 0.15) is 5.75 Å². The molecule has 0 heterocycles. The summed E-state index contributed by atoms with van der Waals surface area (Å²) in [7, 11) is 1.61. The van der Waals surface area contributed by atoms with Gasteiger partial charge in [-0.2, -0.15) is 0 Å². The van der Waals surface area contributed by atoms with E-state index >= 15 is 0 Å². The second-order valence-corrected chi connectivity index (χ2v) is 5.90. The minimum atomic E-state index is -0.358. The summed E-state index contributed by atoms with van der Waals surface area (Å²) in [6.45, 7) is 3.36. The van der Waals surface area contributed by atoms with Crippen LogP contribution >= 0.6 is 0 Å². The van der Waals surface area contributed by atoms with E-state index < -0.39 is 0 Å². The number of hydrogen-bond acceptors (Lipinski definition) is 3. The largest absolute Gasteiger partial charge is 0.496 e. The Morgan fingerprint density at radius 3 is 2.28 bits per heavy atom. The molecule has 0 aliphatic rings. The van der Waals surface area contributed by atoms with Crippen molar-refractivity contribution < 1.29 is 14.3 Å². The van der Waals surface area contributed by atoms with Crippen molar-refractivity contribution in [2.24, 2.45) is 0 Å². The van der Waals surface area contributed by atoms with Gasteiger partial charge in [0.15, 0.2) is 0 Å². The second kappa shape index (κ2) is 8.87. The summed E-state index contributed by atoms with van der Waals surface area (Å²) in [6, 6.07) is 16.5. The average molecular weight is 340 g/mol. The maximum absolute atomic E-state index is 12.5. The molecule has 0 saturated heterocycles. The third-order valence-corrected chi connectivity index (χ3v) is 3.95. The summed E-state index contributed by atoms with van der Waals surface area (Å²) < 4.78 is 5.34. The predicted molar refractivity (Wildman–Crippen MR) is 97.2 cm³/mol. The van der Waals surface area contributed by atoms with Gasteiger partial charge < -0.3 is 15.4 Å². The van der Waals surface area contributed by atoms with Crippen LogP contribution in [0.3, 0.4) is 0 Å². The molecule has 0 radical (unpaired) electrons.